The number of carbonyl (C=O) groups excluding carboxylic acids is 1. The number of carbonyl (C=O) groups is 1. The van der Waals surface area contributed by atoms with Crippen molar-refractivity contribution in [2.75, 3.05) is 11.1 Å². The van der Waals surface area contributed by atoms with Crippen molar-refractivity contribution in [2.24, 2.45) is 0 Å². The minimum Gasteiger partial charge on any atom is -0.397 e. The molecule has 0 aliphatic heterocycles. The monoisotopic (exact) mass is 314 g/mol. The maximum absolute atomic E-state index is 12.4. The van der Waals surface area contributed by atoms with Crippen LogP contribution >= 0.6 is 11.6 Å². The predicted octanol–water partition coefficient (Wildman–Crippen LogP) is 4.19. The summed E-state index contributed by atoms with van der Waals surface area (Å²) < 4.78 is 37.3. The largest absolute Gasteiger partial charge is 0.416 e. The van der Waals surface area contributed by atoms with Crippen LogP contribution in [0.2, 0.25) is 5.02 Å². The van der Waals surface area contributed by atoms with Crippen molar-refractivity contribution in [3.05, 3.63) is 58.6 Å². The quantitative estimate of drug-likeness (QED) is 0.816. The number of rotatable bonds is 2. The lowest BCUT2D eigenvalue weighted by atomic mass is 10.1. The number of nitrogens with two attached hydrogens (primary N) is 1. The zero-order valence-electron chi connectivity index (χ0n) is 10.5. The van der Waals surface area contributed by atoms with Crippen LogP contribution < -0.4 is 11.1 Å². The van der Waals surface area contributed by atoms with Gasteiger partial charge in [0.2, 0.25) is 0 Å². The van der Waals surface area contributed by atoms with Crippen LogP contribution in [0.25, 0.3) is 0 Å². The number of nitrogen functional groups attached to an aromatic ring is 1. The summed E-state index contributed by atoms with van der Waals surface area (Å²) in [5.41, 5.74) is 5.42. The molecule has 0 fully saturated rings. The lowest BCUT2D eigenvalue weighted by molar-refractivity contribution is -0.137. The van der Waals surface area contributed by atoms with Gasteiger partial charge in [0.1, 0.15) is 0 Å². The third kappa shape index (κ3) is 3.46. The Bertz CT molecular complexity index is 649. The van der Waals surface area contributed by atoms with E-state index in [1.54, 1.807) is 18.2 Å². The molecule has 2 aromatic rings. The topological polar surface area (TPSA) is 55.1 Å². The van der Waals surface area contributed by atoms with Crippen LogP contribution in [0.3, 0.4) is 0 Å². The van der Waals surface area contributed by atoms with Crippen LogP contribution in [0.1, 0.15) is 15.9 Å². The second-order valence-corrected chi connectivity index (χ2v) is 4.64. The van der Waals surface area contributed by atoms with Crippen molar-refractivity contribution < 1.29 is 18.0 Å². The second kappa shape index (κ2) is 5.65. The Kier molecular flexibility index (Phi) is 4.09. The van der Waals surface area contributed by atoms with Gasteiger partial charge in [-0.3, -0.25) is 4.79 Å². The van der Waals surface area contributed by atoms with Gasteiger partial charge in [0, 0.05) is 5.56 Å². The first kappa shape index (κ1) is 15.2. The fourth-order valence-electron chi connectivity index (χ4n) is 1.67. The van der Waals surface area contributed by atoms with E-state index in [-0.39, 0.29) is 22.0 Å². The molecule has 0 aromatic heterocycles. The number of alkyl halides is 3. The average Bonchev–Trinajstić information content (AvgIpc) is 2.42. The van der Waals surface area contributed by atoms with Crippen LogP contribution in [-0.2, 0) is 6.18 Å². The standard InChI is InChI=1S/C14H10ClF3N2O/c15-10-2-1-3-11(19)12(10)20-13(21)8-4-6-9(7-5-8)14(16,17)18/h1-7H,19H2,(H,20,21). The normalized spacial score (nSPS) is 11.2. The second-order valence-electron chi connectivity index (χ2n) is 4.23. The Morgan fingerprint density at radius 3 is 2.24 bits per heavy atom. The number of anilines is 2. The first-order valence-corrected chi connectivity index (χ1v) is 6.19. The van der Waals surface area contributed by atoms with Gasteiger partial charge in [-0.05, 0) is 36.4 Å². The molecule has 0 atom stereocenters. The molecule has 21 heavy (non-hydrogen) atoms. The number of benzene rings is 2. The Hall–Kier alpha value is -2.21. The molecule has 2 aromatic carbocycles. The van der Waals surface area contributed by atoms with E-state index in [1.807, 2.05) is 0 Å². The van der Waals surface area contributed by atoms with Gasteiger partial charge in [0.15, 0.2) is 0 Å². The molecule has 0 spiro atoms. The molecule has 0 unspecified atom stereocenters. The van der Waals surface area contributed by atoms with Gasteiger partial charge in [0.05, 0.1) is 22.0 Å². The summed E-state index contributed by atoms with van der Waals surface area (Å²) in [7, 11) is 0. The third-order valence-electron chi connectivity index (χ3n) is 2.76. The summed E-state index contributed by atoms with van der Waals surface area (Å²) in [5, 5.41) is 2.72. The molecule has 3 N–H and O–H groups in total. The Morgan fingerprint density at radius 1 is 1.10 bits per heavy atom. The van der Waals surface area contributed by atoms with E-state index in [4.69, 9.17) is 17.3 Å². The van der Waals surface area contributed by atoms with Crippen molar-refractivity contribution >= 4 is 28.9 Å². The van der Waals surface area contributed by atoms with E-state index in [9.17, 15) is 18.0 Å². The van der Waals surface area contributed by atoms with Gasteiger partial charge < -0.3 is 11.1 Å². The van der Waals surface area contributed by atoms with Crippen LogP contribution in [0.4, 0.5) is 24.5 Å². The van der Waals surface area contributed by atoms with Crippen LogP contribution in [-0.4, -0.2) is 5.91 Å². The SMILES string of the molecule is Nc1cccc(Cl)c1NC(=O)c1ccc(C(F)(F)F)cc1. The average molecular weight is 315 g/mol. The smallest absolute Gasteiger partial charge is 0.397 e. The molecule has 3 nitrogen and oxygen atoms in total. The molecule has 0 saturated heterocycles. The Balaban J connectivity index is 2.21. The van der Waals surface area contributed by atoms with Crippen LogP contribution in [0.5, 0.6) is 0 Å². The fraction of sp³-hybridized carbons (Fsp3) is 0.0714. The minimum atomic E-state index is -4.44. The van der Waals surface area contributed by atoms with Gasteiger partial charge in [0.25, 0.3) is 5.91 Å². The van der Waals surface area contributed by atoms with Gasteiger partial charge in [-0.2, -0.15) is 13.2 Å². The van der Waals surface area contributed by atoms with Gasteiger partial charge in [-0.15, -0.1) is 0 Å². The third-order valence-corrected chi connectivity index (χ3v) is 3.07. The highest BCUT2D eigenvalue weighted by Gasteiger charge is 2.30. The first-order valence-electron chi connectivity index (χ1n) is 5.81. The summed E-state index contributed by atoms with van der Waals surface area (Å²) in [4.78, 5) is 12.0. The molecule has 0 saturated carbocycles. The maximum Gasteiger partial charge on any atom is 0.416 e. The van der Waals surface area contributed by atoms with E-state index >= 15 is 0 Å². The molecule has 0 radical (unpaired) electrons. The molecule has 0 aliphatic carbocycles. The lowest BCUT2D eigenvalue weighted by Crippen LogP contribution is -2.14. The Labute approximate surface area is 123 Å². The maximum atomic E-state index is 12.4. The molecular weight excluding hydrogens is 305 g/mol. The number of para-hydroxylation sites is 1. The van der Waals surface area contributed by atoms with Gasteiger partial charge in [-0.1, -0.05) is 17.7 Å². The zero-order chi connectivity index (χ0) is 15.6. The molecule has 2 rings (SSSR count). The molecule has 1 amide bonds. The molecule has 110 valence electrons. The number of hydrogen-bond acceptors (Lipinski definition) is 2. The van der Waals surface area contributed by atoms with Crippen molar-refractivity contribution in [2.45, 2.75) is 6.18 Å². The van der Waals surface area contributed by atoms with E-state index in [1.165, 1.54) is 0 Å². The van der Waals surface area contributed by atoms with Crippen molar-refractivity contribution in [3.8, 4) is 0 Å². The number of halogens is 4. The molecule has 7 heteroatoms. The van der Waals surface area contributed by atoms with Crippen molar-refractivity contribution in [3.63, 3.8) is 0 Å². The lowest BCUT2D eigenvalue weighted by Gasteiger charge is -2.11. The summed E-state index contributed by atoms with van der Waals surface area (Å²) in [5.74, 6) is -0.594. The molecule has 0 aliphatic rings. The summed E-state index contributed by atoms with van der Waals surface area (Å²) >= 11 is 5.90. The summed E-state index contributed by atoms with van der Waals surface area (Å²) in [6, 6.07) is 8.56. The van der Waals surface area contributed by atoms with Crippen molar-refractivity contribution in [1.29, 1.82) is 0 Å². The predicted molar refractivity (Wildman–Crippen MR) is 75.3 cm³/mol. The van der Waals surface area contributed by atoms with Crippen molar-refractivity contribution in [1.82, 2.24) is 0 Å². The number of hydrogen-bond donors (Lipinski definition) is 2. The summed E-state index contributed by atoms with van der Waals surface area (Å²) in [6.45, 7) is 0. The molecule has 0 heterocycles. The summed E-state index contributed by atoms with van der Waals surface area (Å²) in [6.07, 6.45) is -4.44. The minimum absolute atomic E-state index is 0.0716. The highest BCUT2D eigenvalue weighted by molar-refractivity contribution is 6.34. The Morgan fingerprint density at radius 2 is 1.71 bits per heavy atom. The number of amides is 1. The fourth-order valence-corrected chi connectivity index (χ4v) is 1.90. The van der Waals surface area contributed by atoms with E-state index < -0.39 is 17.6 Å². The van der Waals surface area contributed by atoms with Crippen LogP contribution in [0, 0.1) is 0 Å². The van der Waals surface area contributed by atoms with Gasteiger partial charge >= 0.3 is 6.18 Å². The van der Waals surface area contributed by atoms with E-state index in [0.717, 1.165) is 24.3 Å². The molecule has 0 bridgehead atoms. The highest BCUT2D eigenvalue weighted by atomic mass is 35.5. The first-order chi connectivity index (χ1) is 9.79. The molecular formula is C14H10ClF3N2O. The zero-order valence-corrected chi connectivity index (χ0v) is 11.3. The van der Waals surface area contributed by atoms with Gasteiger partial charge in [-0.25, -0.2) is 0 Å². The highest BCUT2D eigenvalue weighted by Crippen LogP contribution is 2.30. The van der Waals surface area contributed by atoms with E-state index in [2.05, 4.69) is 5.32 Å². The van der Waals surface area contributed by atoms with E-state index in [0.29, 0.717) is 0 Å². The number of nitrogens with one attached hydrogen (secondary N) is 1. The van der Waals surface area contributed by atoms with Crippen LogP contribution in [0.15, 0.2) is 42.5 Å².